The third-order valence-electron chi connectivity index (χ3n) is 3.92. The Bertz CT molecular complexity index is 945. The van der Waals surface area contributed by atoms with Crippen molar-refractivity contribution in [1.29, 1.82) is 0 Å². The number of hydrogen-bond acceptors (Lipinski definition) is 5. The van der Waals surface area contributed by atoms with Crippen LogP contribution in [0, 0.1) is 0 Å². The van der Waals surface area contributed by atoms with E-state index < -0.39 is 0 Å². The van der Waals surface area contributed by atoms with E-state index in [0.717, 1.165) is 22.2 Å². The minimum Gasteiger partial charge on any atom is -0.493 e. The van der Waals surface area contributed by atoms with Crippen LogP contribution in [0.15, 0.2) is 41.3 Å². The average Bonchev–Trinajstić information content (AvgIpc) is 2.91. The standard InChI is InChI=1S/C19H15Cl2NO4S/c1-25-15-6-3-11(7-16(15)26-2)8-17-18(23)22(19(24)27-17)10-12-4-5-13(20)9-14(12)21/h3-9H,10H2,1-2H3/b17-8+. The average molecular weight is 424 g/mol. The van der Waals surface area contributed by atoms with E-state index in [1.807, 2.05) is 0 Å². The number of nitrogens with zero attached hydrogens (tertiary/aromatic N) is 1. The van der Waals surface area contributed by atoms with Gasteiger partial charge < -0.3 is 9.47 Å². The first-order valence-electron chi connectivity index (χ1n) is 7.84. The molecule has 0 bridgehead atoms. The van der Waals surface area contributed by atoms with E-state index in [1.165, 1.54) is 7.11 Å². The SMILES string of the molecule is COc1ccc(/C=C2/SC(=O)N(Cc3ccc(Cl)cc3Cl)C2=O)cc1OC. The lowest BCUT2D eigenvalue weighted by Gasteiger charge is -2.13. The summed E-state index contributed by atoms with van der Waals surface area (Å²) in [6, 6.07) is 10.2. The summed E-state index contributed by atoms with van der Waals surface area (Å²) in [5.41, 5.74) is 1.37. The van der Waals surface area contributed by atoms with Gasteiger partial charge in [-0.25, -0.2) is 0 Å². The molecule has 5 nitrogen and oxygen atoms in total. The summed E-state index contributed by atoms with van der Waals surface area (Å²) in [5.74, 6) is 0.754. The number of benzene rings is 2. The van der Waals surface area contributed by atoms with E-state index in [4.69, 9.17) is 32.7 Å². The fourth-order valence-electron chi connectivity index (χ4n) is 2.55. The largest absolute Gasteiger partial charge is 0.493 e. The maximum atomic E-state index is 12.7. The molecule has 0 spiro atoms. The van der Waals surface area contributed by atoms with Crippen molar-refractivity contribution in [3.63, 3.8) is 0 Å². The Morgan fingerprint density at radius 3 is 2.44 bits per heavy atom. The van der Waals surface area contributed by atoms with Crippen LogP contribution in [0.25, 0.3) is 6.08 Å². The van der Waals surface area contributed by atoms with Crippen LogP contribution in [0.2, 0.25) is 10.0 Å². The van der Waals surface area contributed by atoms with E-state index in [-0.39, 0.29) is 17.7 Å². The Kier molecular flexibility index (Phi) is 5.99. The van der Waals surface area contributed by atoms with Crippen LogP contribution in [0.4, 0.5) is 4.79 Å². The lowest BCUT2D eigenvalue weighted by Crippen LogP contribution is -2.27. The molecular weight excluding hydrogens is 409 g/mol. The summed E-state index contributed by atoms with van der Waals surface area (Å²) in [7, 11) is 3.08. The van der Waals surface area contributed by atoms with Crippen LogP contribution >= 0.6 is 35.0 Å². The molecule has 1 fully saturated rings. The molecule has 1 saturated heterocycles. The first kappa shape index (κ1) is 19.6. The zero-order valence-corrected chi connectivity index (χ0v) is 16.8. The quantitative estimate of drug-likeness (QED) is 0.614. The van der Waals surface area contributed by atoms with Crippen molar-refractivity contribution in [2.45, 2.75) is 6.54 Å². The summed E-state index contributed by atoms with van der Waals surface area (Å²) in [4.78, 5) is 26.5. The molecule has 1 aliphatic heterocycles. The van der Waals surface area contributed by atoms with E-state index >= 15 is 0 Å². The number of imide groups is 1. The molecule has 0 aliphatic carbocycles. The number of hydrogen-bond donors (Lipinski definition) is 0. The molecule has 0 aromatic heterocycles. The third kappa shape index (κ3) is 4.24. The van der Waals surface area contributed by atoms with Crippen LogP contribution in [-0.2, 0) is 11.3 Å². The molecule has 2 aromatic rings. The van der Waals surface area contributed by atoms with Gasteiger partial charge in [-0.05, 0) is 53.2 Å². The normalized spacial score (nSPS) is 15.6. The predicted molar refractivity (Wildman–Crippen MR) is 108 cm³/mol. The van der Waals surface area contributed by atoms with E-state index in [1.54, 1.807) is 49.6 Å². The summed E-state index contributed by atoms with van der Waals surface area (Å²) in [5, 5.41) is 0.550. The van der Waals surface area contributed by atoms with Crippen molar-refractivity contribution in [3.05, 3.63) is 62.5 Å². The van der Waals surface area contributed by atoms with Crippen LogP contribution in [0.1, 0.15) is 11.1 Å². The van der Waals surface area contributed by atoms with Gasteiger partial charge in [0.2, 0.25) is 0 Å². The minimum absolute atomic E-state index is 0.0872. The first-order chi connectivity index (χ1) is 12.9. The van der Waals surface area contributed by atoms with Crippen molar-refractivity contribution in [3.8, 4) is 11.5 Å². The number of carbonyl (C=O) groups is 2. The molecule has 8 heteroatoms. The Morgan fingerprint density at radius 1 is 1.04 bits per heavy atom. The van der Waals surface area contributed by atoms with Crippen molar-refractivity contribution in [2.24, 2.45) is 0 Å². The monoisotopic (exact) mass is 423 g/mol. The van der Waals surface area contributed by atoms with Gasteiger partial charge in [0.1, 0.15) is 0 Å². The van der Waals surface area contributed by atoms with Crippen LogP contribution in [0.5, 0.6) is 11.5 Å². The van der Waals surface area contributed by atoms with E-state index in [9.17, 15) is 9.59 Å². The molecule has 0 N–H and O–H groups in total. The number of carbonyl (C=O) groups excluding carboxylic acids is 2. The van der Waals surface area contributed by atoms with Crippen LogP contribution in [-0.4, -0.2) is 30.3 Å². The van der Waals surface area contributed by atoms with Crippen LogP contribution < -0.4 is 9.47 Å². The summed E-state index contributed by atoms with van der Waals surface area (Å²) in [6.45, 7) is 0.0872. The first-order valence-corrected chi connectivity index (χ1v) is 9.41. The highest BCUT2D eigenvalue weighted by Gasteiger charge is 2.35. The van der Waals surface area contributed by atoms with Crippen LogP contribution in [0.3, 0.4) is 0 Å². The number of halogens is 2. The van der Waals surface area contributed by atoms with Gasteiger partial charge in [0.05, 0.1) is 25.7 Å². The van der Waals surface area contributed by atoms with Crippen molar-refractivity contribution >= 4 is 52.2 Å². The molecule has 1 aliphatic rings. The Balaban J connectivity index is 1.84. The lowest BCUT2D eigenvalue weighted by molar-refractivity contribution is -0.123. The second-order valence-electron chi connectivity index (χ2n) is 5.62. The van der Waals surface area contributed by atoms with Gasteiger partial charge in [0, 0.05) is 10.0 Å². The number of ether oxygens (including phenoxy) is 2. The zero-order valence-electron chi connectivity index (χ0n) is 14.5. The van der Waals surface area contributed by atoms with Gasteiger partial charge in [-0.1, -0.05) is 35.3 Å². The Morgan fingerprint density at radius 2 is 1.78 bits per heavy atom. The lowest BCUT2D eigenvalue weighted by atomic mass is 10.1. The smallest absolute Gasteiger partial charge is 0.293 e. The number of rotatable bonds is 5. The van der Waals surface area contributed by atoms with Crippen molar-refractivity contribution in [1.82, 2.24) is 4.90 Å². The number of methoxy groups -OCH3 is 2. The van der Waals surface area contributed by atoms with Gasteiger partial charge in [-0.15, -0.1) is 0 Å². The molecule has 2 amide bonds. The molecule has 3 rings (SSSR count). The van der Waals surface area contributed by atoms with Gasteiger partial charge in [-0.3, -0.25) is 14.5 Å². The highest BCUT2D eigenvalue weighted by atomic mass is 35.5. The third-order valence-corrected chi connectivity index (χ3v) is 5.42. The molecule has 0 saturated carbocycles. The molecule has 0 radical (unpaired) electrons. The zero-order chi connectivity index (χ0) is 19.6. The maximum absolute atomic E-state index is 12.7. The molecule has 2 aromatic carbocycles. The van der Waals surface area contributed by atoms with E-state index in [2.05, 4.69) is 0 Å². The second-order valence-corrected chi connectivity index (χ2v) is 7.45. The molecule has 0 atom stereocenters. The van der Waals surface area contributed by atoms with Gasteiger partial charge in [0.15, 0.2) is 11.5 Å². The highest BCUT2D eigenvalue weighted by Crippen LogP contribution is 2.36. The number of thioether (sulfide) groups is 1. The fraction of sp³-hybridized carbons (Fsp3) is 0.158. The molecule has 0 unspecified atom stereocenters. The van der Waals surface area contributed by atoms with Crippen molar-refractivity contribution < 1.29 is 19.1 Å². The van der Waals surface area contributed by atoms with Crippen molar-refractivity contribution in [2.75, 3.05) is 14.2 Å². The second kappa shape index (κ2) is 8.25. The minimum atomic E-state index is -0.370. The Labute approximate surface area is 170 Å². The summed E-state index contributed by atoms with van der Waals surface area (Å²) >= 11 is 12.9. The number of amides is 2. The van der Waals surface area contributed by atoms with E-state index in [0.29, 0.717) is 32.0 Å². The Hall–Kier alpha value is -2.15. The fourth-order valence-corrected chi connectivity index (χ4v) is 3.86. The predicted octanol–water partition coefficient (Wildman–Crippen LogP) is 5.25. The maximum Gasteiger partial charge on any atom is 0.293 e. The molecule has 27 heavy (non-hydrogen) atoms. The topological polar surface area (TPSA) is 55.8 Å². The van der Waals surface area contributed by atoms with Gasteiger partial charge in [-0.2, -0.15) is 0 Å². The molecule has 1 heterocycles. The molecular formula is C19H15Cl2NO4S. The van der Waals surface area contributed by atoms with Gasteiger partial charge in [0.25, 0.3) is 11.1 Å². The summed E-state index contributed by atoms with van der Waals surface area (Å²) < 4.78 is 10.5. The molecule has 140 valence electrons. The highest BCUT2D eigenvalue weighted by molar-refractivity contribution is 8.18. The van der Waals surface area contributed by atoms with Gasteiger partial charge >= 0.3 is 0 Å². The summed E-state index contributed by atoms with van der Waals surface area (Å²) in [6.07, 6.45) is 1.65.